The Balaban J connectivity index is 1.79. The van der Waals surface area contributed by atoms with Crippen LogP contribution in [0.4, 0.5) is 4.39 Å². The quantitative estimate of drug-likeness (QED) is 0.903. The van der Waals surface area contributed by atoms with E-state index in [4.69, 9.17) is 5.73 Å². The highest BCUT2D eigenvalue weighted by Gasteiger charge is 2.37. The van der Waals surface area contributed by atoms with Crippen LogP contribution >= 0.6 is 0 Å². The Labute approximate surface area is 138 Å². The SMILES string of the molecule is NC[C@H]1CCC[C@H]1C(=O)N(Cc1cccc(F)c1)C1CCCC1. The van der Waals surface area contributed by atoms with Gasteiger partial charge in [0.05, 0.1) is 0 Å². The van der Waals surface area contributed by atoms with Crippen LogP contribution in [0.2, 0.25) is 0 Å². The van der Waals surface area contributed by atoms with Crippen molar-refractivity contribution < 1.29 is 9.18 Å². The second-order valence-corrected chi connectivity index (χ2v) is 7.07. The highest BCUT2D eigenvalue weighted by molar-refractivity contribution is 5.80. The van der Waals surface area contributed by atoms with E-state index >= 15 is 0 Å². The molecule has 1 aromatic carbocycles. The molecule has 0 unspecified atom stereocenters. The van der Waals surface area contributed by atoms with E-state index in [1.165, 1.54) is 18.9 Å². The summed E-state index contributed by atoms with van der Waals surface area (Å²) in [4.78, 5) is 15.2. The summed E-state index contributed by atoms with van der Waals surface area (Å²) >= 11 is 0. The number of amides is 1. The Morgan fingerprint density at radius 3 is 2.65 bits per heavy atom. The Morgan fingerprint density at radius 1 is 1.17 bits per heavy atom. The van der Waals surface area contributed by atoms with Gasteiger partial charge in [0.25, 0.3) is 0 Å². The molecule has 1 amide bonds. The smallest absolute Gasteiger partial charge is 0.226 e. The number of benzene rings is 1. The molecule has 2 N–H and O–H groups in total. The molecule has 3 rings (SSSR count). The molecule has 3 nitrogen and oxygen atoms in total. The van der Waals surface area contributed by atoms with Crippen LogP contribution in [0.15, 0.2) is 24.3 Å². The molecule has 4 heteroatoms. The lowest BCUT2D eigenvalue weighted by atomic mass is 9.93. The van der Waals surface area contributed by atoms with E-state index in [0.717, 1.165) is 37.7 Å². The molecule has 0 spiro atoms. The highest BCUT2D eigenvalue weighted by atomic mass is 19.1. The second-order valence-electron chi connectivity index (χ2n) is 7.07. The largest absolute Gasteiger partial charge is 0.335 e. The molecule has 23 heavy (non-hydrogen) atoms. The van der Waals surface area contributed by atoms with E-state index in [1.54, 1.807) is 12.1 Å². The van der Waals surface area contributed by atoms with Crippen LogP contribution in [0.5, 0.6) is 0 Å². The number of nitrogens with two attached hydrogens (primary N) is 1. The van der Waals surface area contributed by atoms with Gasteiger partial charge in [0, 0.05) is 18.5 Å². The third-order valence-electron chi connectivity index (χ3n) is 5.57. The summed E-state index contributed by atoms with van der Waals surface area (Å²) in [5, 5.41) is 0. The van der Waals surface area contributed by atoms with Crippen molar-refractivity contribution in [3.8, 4) is 0 Å². The fraction of sp³-hybridized carbons (Fsp3) is 0.632. The third-order valence-corrected chi connectivity index (χ3v) is 5.57. The number of hydrogen-bond acceptors (Lipinski definition) is 2. The molecule has 2 aliphatic rings. The first-order valence-corrected chi connectivity index (χ1v) is 8.94. The fourth-order valence-electron chi connectivity index (χ4n) is 4.29. The lowest BCUT2D eigenvalue weighted by Gasteiger charge is -2.33. The maximum Gasteiger partial charge on any atom is 0.226 e. The highest BCUT2D eigenvalue weighted by Crippen LogP contribution is 2.35. The van der Waals surface area contributed by atoms with Gasteiger partial charge in [-0.05, 0) is 55.8 Å². The van der Waals surface area contributed by atoms with Crippen molar-refractivity contribution in [1.82, 2.24) is 4.90 Å². The molecule has 126 valence electrons. The van der Waals surface area contributed by atoms with Crippen molar-refractivity contribution in [2.45, 2.75) is 57.5 Å². The van der Waals surface area contributed by atoms with Crippen molar-refractivity contribution in [3.05, 3.63) is 35.6 Å². The Bertz CT molecular complexity index is 542. The van der Waals surface area contributed by atoms with E-state index in [0.29, 0.717) is 25.0 Å². The van der Waals surface area contributed by atoms with Gasteiger partial charge >= 0.3 is 0 Å². The molecule has 2 aliphatic carbocycles. The number of carbonyl (C=O) groups excluding carboxylic acids is 1. The van der Waals surface area contributed by atoms with Crippen molar-refractivity contribution in [1.29, 1.82) is 0 Å². The van der Waals surface area contributed by atoms with E-state index in [9.17, 15) is 9.18 Å². The van der Waals surface area contributed by atoms with Gasteiger partial charge in [-0.25, -0.2) is 4.39 Å². The summed E-state index contributed by atoms with van der Waals surface area (Å²) in [6.07, 6.45) is 7.61. The first kappa shape index (κ1) is 16.4. The van der Waals surface area contributed by atoms with Crippen LogP contribution in [-0.2, 0) is 11.3 Å². The molecule has 0 aliphatic heterocycles. The number of hydrogen-bond donors (Lipinski definition) is 1. The zero-order chi connectivity index (χ0) is 16.2. The predicted molar refractivity (Wildman–Crippen MR) is 89.1 cm³/mol. The van der Waals surface area contributed by atoms with Crippen LogP contribution in [0.25, 0.3) is 0 Å². The van der Waals surface area contributed by atoms with E-state index < -0.39 is 0 Å². The molecule has 0 heterocycles. The Kier molecular flexibility index (Phi) is 5.31. The summed E-state index contributed by atoms with van der Waals surface area (Å²) < 4.78 is 13.5. The normalized spacial score (nSPS) is 25.0. The first-order chi connectivity index (χ1) is 11.2. The topological polar surface area (TPSA) is 46.3 Å². The molecule has 2 atom stereocenters. The monoisotopic (exact) mass is 318 g/mol. The standard InChI is InChI=1S/C19H27FN2O/c20-16-7-3-5-14(11-16)13-22(17-8-1-2-9-17)19(23)18-10-4-6-15(18)12-21/h3,5,7,11,15,17-18H,1-2,4,6,8-10,12-13,21H2/t15-,18-/m1/s1. The maximum absolute atomic E-state index is 13.5. The van der Waals surface area contributed by atoms with Crippen LogP contribution < -0.4 is 5.73 Å². The zero-order valence-electron chi connectivity index (χ0n) is 13.7. The zero-order valence-corrected chi connectivity index (χ0v) is 13.7. The number of nitrogens with zero attached hydrogens (tertiary/aromatic N) is 1. The summed E-state index contributed by atoms with van der Waals surface area (Å²) in [6, 6.07) is 6.94. The minimum atomic E-state index is -0.234. The average molecular weight is 318 g/mol. The van der Waals surface area contributed by atoms with Gasteiger partial charge in [0.15, 0.2) is 0 Å². The van der Waals surface area contributed by atoms with E-state index in [-0.39, 0.29) is 17.6 Å². The average Bonchev–Trinajstić information content (AvgIpc) is 3.23. The summed E-state index contributed by atoms with van der Waals surface area (Å²) in [7, 11) is 0. The van der Waals surface area contributed by atoms with Crippen LogP contribution in [-0.4, -0.2) is 23.4 Å². The molecule has 0 radical (unpaired) electrons. The molecular weight excluding hydrogens is 291 g/mol. The van der Waals surface area contributed by atoms with Crippen molar-refractivity contribution >= 4 is 5.91 Å². The summed E-state index contributed by atoms with van der Waals surface area (Å²) in [6.45, 7) is 1.12. The maximum atomic E-state index is 13.5. The van der Waals surface area contributed by atoms with E-state index in [1.807, 2.05) is 11.0 Å². The molecule has 1 aromatic rings. The second kappa shape index (κ2) is 7.43. The third kappa shape index (κ3) is 3.74. The van der Waals surface area contributed by atoms with Gasteiger partial charge in [0.2, 0.25) is 5.91 Å². The fourth-order valence-corrected chi connectivity index (χ4v) is 4.29. The van der Waals surface area contributed by atoms with Gasteiger partial charge in [-0.3, -0.25) is 4.79 Å². The summed E-state index contributed by atoms with van der Waals surface area (Å²) in [5.74, 6) is 0.393. The number of carbonyl (C=O) groups is 1. The predicted octanol–water partition coefficient (Wildman–Crippen LogP) is 3.47. The number of halogens is 1. The van der Waals surface area contributed by atoms with Gasteiger partial charge in [-0.2, -0.15) is 0 Å². The molecule has 2 fully saturated rings. The van der Waals surface area contributed by atoms with Crippen LogP contribution in [0.3, 0.4) is 0 Å². The molecule has 0 saturated heterocycles. The van der Waals surface area contributed by atoms with Gasteiger partial charge in [0.1, 0.15) is 5.82 Å². The summed E-state index contributed by atoms with van der Waals surface area (Å²) in [5.41, 5.74) is 6.75. The molecule has 0 bridgehead atoms. The first-order valence-electron chi connectivity index (χ1n) is 8.94. The lowest BCUT2D eigenvalue weighted by molar-refractivity contribution is -0.139. The minimum Gasteiger partial charge on any atom is -0.335 e. The van der Waals surface area contributed by atoms with Gasteiger partial charge in [-0.15, -0.1) is 0 Å². The van der Waals surface area contributed by atoms with Crippen molar-refractivity contribution in [2.75, 3.05) is 6.54 Å². The van der Waals surface area contributed by atoms with E-state index in [2.05, 4.69) is 0 Å². The Morgan fingerprint density at radius 2 is 1.96 bits per heavy atom. The molecular formula is C19H27FN2O. The molecule has 2 saturated carbocycles. The van der Waals surface area contributed by atoms with Crippen molar-refractivity contribution in [3.63, 3.8) is 0 Å². The van der Waals surface area contributed by atoms with Gasteiger partial charge < -0.3 is 10.6 Å². The minimum absolute atomic E-state index is 0.0640. The van der Waals surface area contributed by atoms with Crippen LogP contribution in [0, 0.1) is 17.7 Å². The Hall–Kier alpha value is -1.42. The van der Waals surface area contributed by atoms with Crippen LogP contribution in [0.1, 0.15) is 50.5 Å². The van der Waals surface area contributed by atoms with Crippen molar-refractivity contribution in [2.24, 2.45) is 17.6 Å². The number of rotatable bonds is 5. The lowest BCUT2D eigenvalue weighted by Crippen LogP contribution is -2.43. The molecule has 0 aromatic heterocycles. The van der Waals surface area contributed by atoms with Gasteiger partial charge in [-0.1, -0.05) is 31.4 Å².